The number of hydrogen-bond donors (Lipinski definition) is 1. The average Bonchev–Trinajstić information content (AvgIpc) is 2.53. The molecule has 8 heteroatoms. The second-order valence-corrected chi connectivity index (χ2v) is 7.68. The van der Waals surface area contributed by atoms with Crippen molar-refractivity contribution in [3.63, 3.8) is 0 Å². The largest absolute Gasteiger partial charge is 0.507 e. The molecule has 0 fully saturated rings. The van der Waals surface area contributed by atoms with Crippen molar-refractivity contribution in [1.82, 2.24) is 0 Å². The van der Waals surface area contributed by atoms with Gasteiger partial charge < -0.3 is 10.0 Å². The molecule has 2 nitrogen and oxygen atoms in total. The molecule has 0 radical (unpaired) electrons. The molecule has 2 aromatic rings. The number of alkyl halides is 6. The molecule has 0 saturated heterocycles. The third kappa shape index (κ3) is 4.91. The third-order valence-corrected chi connectivity index (χ3v) is 4.35. The Balaban J connectivity index is 2.46. The van der Waals surface area contributed by atoms with Crippen molar-refractivity contribution in [2.75, 3.05) is 11.9 Å². The molecule has 0 heterocycles. The van der Waals surface area contributed by atoms with Gasteiger partial charge in [-0.05, 0) is 29.2 Å². The number of hydrogen-bond acceptors (Lipinski definition) is 2. The van der Waals surface area contributed by atoms with Gasteiger partial charge in [0.2, 0.25) is 0 Å². The van der Waals surface area contributed by atoms with Crippen LogP contribution in [0.4, 0.5) is 32.0 Å². The van der Waals surface area contributed by atoms with Gasteiger partial charge in [-0.2, -0.15) is 26.3 Å². The molecule has 0 unspecified atom stereocenters. The minimum absolute atomic E-state index is 0.0233. The van der Waals surface area contributed by atoms with E-state index in [1.54, 1.807) is 18.2 Å². The highest BCUT2D eigenvalue weighted by atomic mass is 19.4. The Bertz CT molecular complexity index is 817. The van der Waals surface area contributed by atoms with E-state index in [1.165, 1.54) is 11.9 Å². The predicted octanol–water partition coefficient (Wildman–Crippen LogP) is 6.36. The van der Waals surface area contributed by atoms with Crippen LogP contribution in [0.5, 0.6) is 5.75 Å². The van der Waals surface area contributed by atoms with Crippen LogP contribution in [0.1, 0.15) is 43.0 Å². The van der Waals surface area contributed by atoms with Crippen LogP contribution in [0.2, 0.25) is 0 Å². The predicted molar refractivity (Wildman–Crippen MR) is 95.4 cm³/mol. The Morgan fingerprint density at radius 1 is 0.857 bits per heavy atom. The summed E-state index contributed by atoms with van der Waals surface area (Å²) in [6, 6.07) is 6.43. The van der Waals surface area contributed by atoms with E-state index >= 15 is 0 Å². The van der Waals surface area contributed by atoms with Gasteiger partial charge in [0.25, 0.3) is 0 Å². The van der Waals surface area contributed by atoms with Gasteiger partial charge in [0.1, 0.15) is 5.75 Å². The molecule has 2 rings (SSSR count). The second kappa shape index (κ2) is 7.22. The number of phenolic OH excluding ortho intramolecular Hbond substituents is 1. The normalized spacial score (nSPS) is 12.9. The van der Waals surface area contributed by atoms with Crippen molar-refractivity contribution in [1.29, 1.82) is 0 Å². The summed E-state index contributed by atoms with van der Waals surface area (Å²) in [6.45, 7) is 5.60. The molecule has 0 amide bonds. The maximum Gasteiger partial charge on any atom is 0.416 e. The number of halogens is 6. The smallest absolute Gasteiger partial charge is 0.416 e. The summed E-state index contributed by atoms with van der Waals surface area (Å²) < 4.78 is 78.3. The van der Waals surface area contributed by atoms with Gasteiger partial charge in [0.05, 0.1) is 11.1 Å². The Hall–Kier alpha value is -2.38. The van der Waals surface area contributed by atoms with E-state index in [2.05, 4.69) is 0 Å². The zero-order valence-corrected chi connectivity index (χ0v) is 15.8. The molecule has 2 aromatic carbocycles. The molecule has 0 spiro atoms. The van der Waals surface area contributed by atoms with Crippen molar-refractivity contribution in [2.24, 2.45) is 0 Å². The highest BCUT2D eigenvalue weighted by molar-refractivity contribution is 5.54. The van der Waals surface area contributed by atoms with E-state index in [1.807, 2.05) is 20.8 Å². The SMILES string of the molecule is CN(Cc1cccc(C(C)(C)C)c1O)c1cc(C(F)(F)F)cc(C(F)(F)F)c1. The fourth-order valence-corrected chi connectivity index (χ4v) is 2.83. The van der Waals surface area contributed by atoms with Crippen LogP contribution in [-0.4, -0.2) is 12.2 Å². The van der Waals surface area contributed by atoms with Gasteiger partial charge in [-0.1, -0.05) is 39.0 Å². The highest BCUT2D eigenvalue weighted by Crippen LogP contribution is 2.39. The first-order valence-electron chi connectivity index (χ1n) is 8.42. The Labute approximate surface area is 159 Å². The van der Waals surface area contributed by atoms with E-state index in [4.69, 9.17) is 0 Å². The molecule has 0 aliphatic heterocycles. The Kier molecular flexibility index (Phi) is 5.65. The molecule has 28 heavy (non-hydrogen) atoms. The van der Waals surface area contributed by atoms with Gasteiger partial charge >= 0.3 is 12.4 Å². The molecular weight excluding hydrogens is 384 g/mol. The van der Waals surface area contributed by atoms with E-state index in [0.717, 1.165) is 0 Å². The summed E-state index contributed by atoms with van der Waals surface area (Å²) >= 11 is 0. The minimum atomic E-state index is -4.91. The summed E-state index contributed by atoms with van der Waals surface area (Å²) in [7, 11) is 1.37. The van der Waals surface area contributed by atoms with Crippen LogP contribution >= 0.6 is 0 Å². The van der Waals surface area contributed by atoms with Crippen LogP contribution < -0.4 is 4.90 Å². The standard InChI is InChI=1S/C20H21F6NO/c1-18(2,3)16-7-5-6-12(17(16)28)11-27(4)15-9-13(19(21,22)23)8-14(10-15)20(24,25)26/h5-10,28H,11H2,1-4H3. The van der Waals surface area contributed by atoms with E-state index in [9.17, 15) is 31.4 Å². The molecule has 0 aromatic heterocycles. The summed E-state index contributed by atoms with van der Waals surface area (Å²) in [5, 5.41) is 10.5. The first-order valence-corrected chi connectivity index (χ1v) is 8.42. The lowest BCUT2D eigenvalue weighted by molar-refractivity contribution is -0.143. The summed E-state index contributed by atoms with van der Waals surface area (Å²) in [6.07, 6.45) is -9.82. The number of nitrogens with zero attached hydrogens (tertiary/aromatic N) is 1. The molecule has 0 aliphatic carbocycles. The first kappa shape index (κ1) is 21.9. The number of para-hydroxylation sites is 1. The third-order valence-electron chi connectivity index (χ3n) is 4.35. The fourth-order valence-electron chi connectivity index (χ4n) is 2.83. The summed E-state index contributed by atoms with van der Waals surface area (Å²) in [5.74, 6) is -0.0233. The molecule has 0 atom stereocenters. The zero-order valence-electron chi connectivity index (χ0n) is 15.8. The zero-order chi connectivity index (χ0) is 21.5. The monoisotopic (exact) mass is 405 g/mol. The fraction of sp³-hybridized carbons (Fsp3) is 0.400. The molecule has 0 aliphatic rings. The lowest BCUT2D eigenvalue weighted by Crippen LogP contribution is -2.20. The lowest BCUT2D eigenvalue weighted by atomic mass is 9.85. The van der Waals surface area contributed by atoms with Crippen molar-refractivity contribution in [3.8, 4) is 5.75 Å². The number of aromatic hydroxyl groups is 1. The Morgan fingerprint density at radius 3 is 1.79 bits per heavy atom. The van der Waals surface area contributed by atoms with Crippen molar-refractivity contribution in [2.45, 2.75) is 45.1 Å². The quantitative estimate of drug-likeness (QED) is 0.601. The van der Waals surface area contributed by atoms with Crippen LogP contribution in [0.15, 0.2) is 36.4 Å². The van der Waals surface area contributed by atoms with Crippen LogP contribution in [0.3, 0.4) is 0 Å². The van der Waals surface area contributed by atoms with Gasteiger partial charge in [-0.25, -0.2) is 0 Å². The van der Waals surface area contributed by atoms with E-state index in [-0.39, 0.29) is 29.5 Å². The summed E-state index contributed by atoms with van der Waals surface area (Å²) in [4.78, 5) is 1.24. The van der Waals surface area contributed by atoms with E-state index < -0.39 is 23.5 Å². The maximum atomic E-state index is 13.0. The second-order valence-electron chi connectivity index (χ2n) is 7.68. The highest BCUT2D eigenvalue weighted by Gasteiger charge is 2.37. The summed E-state index contributed by atoms with van der Waals surface area (Å²) in [5.41, 5.74) is -2.34. The van der Waals surface area contributed by atoms with Crippen molar-refractivity contribution in [3.05, 3.63) is 58.7 Å². The van der Waals surface area contributed by atoms with Gasteiger partial charge in [0, 0.05) is 24.8 Å². The molecule has 154 valence electrons. The molecule has 1 N–H and O–H groups in total. The van der Waals surface area contributed by atoms with Crippen LogP contribution in [0, 0.1) is 0 Å². The topological polar surface area (TPSA) is 23.5 Å². The Morgan fingerprint density at radius 2 is 1.36 bits per heavy atom. The number of benzene rings is 2. The minimum Gasteiger partial charge on any atom is -0.507 e. The molecular formula is C20H21F6NO. The van der Waals surface area contributed by atoms with Gasteiger partial charge in [0.15, 0.2) is 0 Å². The molecule has 0 bridgehead atoms. The maximum absolute atomic E-state index is 13.0. The van der Waals surface area contributed by atoms with Crippen molar-refractivity contribution >= 4 is 5.69 Å². The molecule has 0 saturated carbocycles. The number of anilines is 1. The van der Waals surface area contributed by atoms with Crippen molar-refractivity contribution < 1.29 is 31.4 Å². The lowest BCUT2D eigenvalue weighted by Gasteiger charge is -2.25. The van der Waals surface area contributed by atoms with E-state index in [0.29, 0.717) is 23.3 Å². The van der Waals surface area contributed by atoms with Crippen LogP contribution in [-0.2, 0) is 24.3 Å². The first-order chi connectivity index (χ1) is 12.6. The van der Waals surface area contributed by atoms with Crippen LogP contribution in [0.25, 0.3) is 0 Å². The average molecular weight is 405 g/mol. The number of rotatable bonds is 3. The van der Waals surface area contributed by atoms with Gasteiger partial charge in [-0.3, -0.25) is 0 Å². The number of phenols is 1. The van der Waals surface area contributed by atoms with Gasteiger partial charge in [-0.15, -0.1) is 0 Å².